The summed E-state index contributed by atoms with van der Waals surface area (Å²) in [6, 6.07) is 7.59. The Bertz CT molecular complexity index is 1740. The lowest BCUT2D eigenvalue weighted by molar-refractivity contribution is -0.605. The van der Waals surface area contributed by atoms with Gasteiger partial charge >= 0.3 is 18.9 Å². The molecule has 1 saturated heterocycles. The zero-order valence-corrected chi connectivity index (χ0v) is 27.5. The molecule has 1 saturated carbocycles. The fourth-order valence-corrected chi connectivity index (χ4v) is 8.40. The first-order chi connectivity index (χ1) is 22.6. The lowest BCUT2D eigenvalue weighted by atomic mass is 10.0. The van der Waals surface area contributed by atoms with Crippen LogP contribution in [0.15, 0.2) is 59.8 Å². The molecule has 48 heavy (non-hydrogen) atoms. The summed E-state index contributed by atoms with van der Waals surface area (Å²) in [5.41, 5.74) is 0.387. The van der Waals surface area contributed by atoms with Crippen molar-refractivity contribution in [3.05, 3.63) is 81.2 Å². The molecule has 2 atom stereocenters. The molecule has 1 aromatic heterocycles. The van der Waals surface area contributed by atoms with E-state index in [-0.39, 0.29) is 63.9 Å². The number of alkyl halides is 5. The lowest BCUT2D eigenvalue weighted by Crippen LogP contribution is -2.40. The van der Waals surface area contributed by atoms with Gasteiger partial charge in [0.05, 0.1) is 11.5 Å². The highest BCUT2D eigenvalue weighted by atomic mass is 35.5. The molecule has 19 heteroatoms. The second-order valence-electron chi connectivity index (χ2n) is 10.6. The number of carbonyl (C=O) groups is 1. The average molecular weight is 760 g/mol. The first kappa shape index (κ1) is 36.0. The van der Waals surface area contributed by atoms with Crippen LogP contribution in [0.1, 0.15) is 30.1 Å². The summed E-state index contributed by atoms with van der Waals surface area (Å²) in [6.07, 6.45) is -2.78. The number of ether oxygens (including phenoxy) is 4. The number of aromatic nitrogens is 1. The van der Waals surface area contributed by atoms with E-state index >= 15 is 0 Å². The summed E-state index contributed by atoms with van der Waals surface area (Å²) >= 11 is 13.5. The molecule has 3 aromatic rings. The van der Waals surface area contributed by atoms with Gasteiger partial charge in [-0.3, -0.25) is 0 Å². The molecule has 0 bridgehead atoms. The van der Waals surface area contributed by atoms with Crippen molar-refractivity contribution >= 4 is 51.0 Å². The van der Waals surface area contributed by atoms with Gasteiger partial charge in [0.25, 0.3) is 0 Å². The van der Waals surface area contributed by atoms with Crippen LogP contribution in [0.2, 0.25) is 10.0 Å². The van der Waals surface area contributed by atoms with Crippen molar-refractivity contribution in [3.8, 4) is 17.2 Å². The van der Waals surface area contributed by atoms with Crippen molar-refractivity contribution in [1.82, 2.24) is 4.31 Å². The Labute approximate surface area is 285 Å². The third-order valence-electron chi connectivity index (χ3n) is 7.13. The fraction of sp³-hybridized carbons (Fsp3) is 0.379. The Kier molecular flexibility index (Phi) is 11.0. The van der Waals surface area contributed by atoms with E-state index in [9.17, 15) is 40.4 Å². The van der Waals surface area contributed by atoms with Crippen molar-refractivity contribution in [3.63, 3.8) is 0 Å². The van der Waals surface area contributed by atoms with Crippen molar-refractivity contribution < 1.29 is 58.8 Å². The highest BCUT2D eigenvalue weighted by molar-refractivity contribution is 8.02. The monoisotopic (exact) mass is 758 g/mol. The molecule has 5 rings (SSSR count). The van der Waals surface area contributed by atoms with Crippen LogP contribution >= 0.6 is 35.0 Å². The Morgan fingerprint density at radius 2 is 1.79 bits per heavy atom. The Balaban J connectivity index is 1.46. The van der Waals surface area contributed by atoms with Gasteiger partial charge in [0, 0.05) is 30.3 Å². The minimum absolute atomic E-state index is 0.0659. The van der Waals surface area contributed by atoms with E-state index < -0.39 is 51.1 Å². The van der Waals surface area contributed by atoms with Crippen molar-refractivity contribution in [2.75, 3.05) is 18.9 Å². The molecule has 260 valence electrons. The average Bonchev–Trinajstić information content (AvgIpc) is 3.68. The van der Waals surface area contributed by atoms with Crippen LogP contribution in [0.25, 0.3) is 0 Å². The zero-order chi connectivity index (χ0) is 34.8. The lowest BCUT2D eigenvalue weighted by Gasteiger charge is -2.26. The summed E-state index contributed by atoms with van der Waals surface area (Å²) in [6.45, 7) is -3.13. The maximum absolute atomic E-state index is 13.7. The number of hydrogen-bond acceptors (Lipinski definition) is 9. The SMILES string of the molecule is O=C(OC(Cc1c(Cl)c[n+]([O-])cc1Cl)c1ccc(OC(F)F)c(OCC2CC2)c1)C1SCCN1S(=O)(=O)c1cccc(OC(F)(F)F)c1. The van der Waals surface area contributed by atoms with Gasteiger partial charge in [0.1, 0.15) is 21.9 Å². The van der Waals surface area contributed by atoms with E-state index in [0.717, 1.165) is 59.5 Å². The molecule has 2 aliphatic rings. The molecule has 1 aliphatic carbocycles. The third-order valence-corrected chi connectivity index (χ3v) is 11.0. The molecule has 0 spiro atoms. The number of halogens is 7. The van der Waals surface area contributed by atoms with Crippen molar-refractivity contribution in [2.24, 2.45) is 5.92 Å². The van der Waals surface area contributed by atoms with Crippen LogP contribution in [-0.4, -0.2) is 55.9 Å². The molecule has 0 amide bonds. The van der Waals surface area contributed by atoms with E-state index in [4.69, 9.17) is 32.7 Å². The molecule has 10 nitrogen and oxygen atoms in total. The predicted octanol–water partition coefficient (Wildman–Crippen LogP) is 6.51. The predicted molar refractivity (Wildman–Crippen MR) is 163 cm³/mol. The van der Waals surface area contributed by atoms with Gasteiger partial charge in [-0.25, -0.2) is 13.2 Å². The van der Waals surface area contributed by atoms with E-state index in [0.29, 0.717) is 10.8 Å². The van der Waals surface area contributed by atoms with Gasteiger partial charge in [-0.1, -0.05) is 35.3 Å². The van der Waals surface area contributed by atoms with Crippen molar-refractivity contribution in [1.29, 1.82) is 0 Å². The van der Waals surface area contributed by atoms with Crippen LogP contribution in [0.3, 0.4) is 0 Å². The fourth-order valence-electron chi connectivity index (χ4n) is 4.71. The Morgan fingerprint density at radius 1 is 1.08 bits per heavy atom. The first-order valence-corrected chi connectivity index (χ1v) is 17.3. The third kappa shape index (κ3) is 9.05. The number of carbonyl (C=O) groups excluding carboxylic acids is 1. The number of pyridine rings is 1. The van der Waals surface area contributed by atoms with E-state index in [2.05, 4.69) is 9.47 Å². The molecule has 2 fully saturated rings. The number of esters is 1. The van der Waals surface area contributed by atoms with Gasteiger partial charge in [-0.15, -0.1) is 24.9 Å². The van der Waals surface area contributed by atoms with E-state index in [1.54, 1.807) is 0 Å². The number of sulfonamides is 1. The summed E-state index contributed by atoms with van der Waals surface area (Å²) in [5, 5.41) is 10.2. The number of nitrogens with zero attached hydrogens (tertiary/aromatic N) is 2. The second kappa shape index (κ2) is 14.7. The van der Waals surface area contributed by atoms with Crippen molar-refractivity contribution in [2.45, 2.75) is 48.6 Å². The van der Waals surface area contributed by atoms with Crippen LogP contribution in [0.5, 0.6) is 17.2 Å². The minimum Gasteiger partial charge on any atom is -0.619 e. The van der Waals surface area contributed by atoms with Gasteiger partial charge in [-0.05, 0) is 48.6 Å². The summed E-state index contributed by atoms with van der Waals surface area (Å²) in [7, 11) is -4.54. The topological polar surface area (TPSA) is 118 Å². The molecule has 1 aliphatic heterocycles. The molecule has 2 aromatic carbocycles. The zero-order valence-electron chi connectivity index (χ0n) is 24.4. The second-order valence-corrected chi connectivity index (χ2v) is 14.5. The summed E-state index contributed by atoms with van der Waals surface area (Å²) < 4.78 is 113. The standard InChI is InChI=1S/C29H25Cl2F5N2O8S2/c30-21-13-37(40)14-22(31)20(21)12-24(17-6-7-23(45-28(32)33)25(10-17)43-15-16-4-5-16)44-27(39)26-38(8-9-47-26)48(41,42)19-3-1-2-18(11-19)46-29(34,35)36/h1-3,6-7,10-11,13-14,16,24,26,28H,4-5,8-9,12,15H2. The van der Waals surface area contributed by atoms with E-state index in [1.165, 1.54) is 18.2 Å². The quantitative estimate of drug-likeness (QED) is 0.0833. The minimum atomic E-state index is -5.07. The smallest absolute Gasteiger partial charge is 0.573 e. The van der Waals surface area contributed by atoms with Crippen LogP contribution < -0.4 is 18.9 Å². The van der Waals surface area contributed by atoms with Crippen LogP contribution in [0.4, 0.5) is 22.0 Å². The Morgan fingerprint density at radius 3 is 2.44 bits per heavy atom. The summed E-state index contributed by atoms with van der Waals surface area (Å²) in [5.74, 6) is -1.79. The normalized spacial score (nSPS) is 17.7. The molecule has 2 heterocycles. The molecular formula is C29H25Cl2F5N2O8S2. The van der Waals surface area contributed by atoms with Gasteiger partial charge in [0.15, 0.2) is 29.3 Å². The van der Waals surface area contributed by atoms with Crippen LogP contribution in [0, 0.1) is 11.1 Å². The number of benzene rings is 2. The largest absolute Gasteiger partial charge is 0.619 e. The molecule has 0 radical (unpaired) electrons. The van der Waals surface area contributed by atoms with Gasteiger partial charge < -0.3 is 24.2 Å². The molecular weight excluding hydrogens is 734 g/mol. The molecule has 0 N–H and O–H groups in total. The highest BCUT2D eigenvalue weighted by Crippen LogP contribution is 2.39. The maximum Gasteiger partial charge on any atom is 0.573 e. The first-order valence-electron chi connectivity index (χ1n) is 14.1. The Hall–Kier alpha value is -3.25. The number of rotatable bonds is 13. The van der Waals surface area contributed by atoms with Crippen LogP contribution in [-0.2, 0) is 26.0 Å². The highest BCUT2D eigenvalue weighted by Gasteiger charge is 2.43. The molecule has 2 unspecified atom stereocenters. The maximum atomic E-state index is 13.7. The van der Waals surface area contributed by atoms with E-state index in [1.807, 2.05) is 0 Å². The van der Waals surface area contributed by atoms with Gasteiger partial charge in [-0.2, -0.15) is 17.8 Å². The number of hydrogen-bond donors (Lipinski definition) is 0. The van der Waals surface area contributed by atoms with Gasteiger partial charge in [0.2, 0.25) is 10.0 Å². The number of thioether (sulfide) groups is 1. The summed E-state index contributed by atoms with van der Waals surface area (Å²) in [4.78, 5) is 13.2.